The molecule has 0 atom stereocenters. The van der Waals surface area contributed by atoms with Crippen molar-refractivity contribution < 1.29 is 8.91 Å². The molecule has 3 rings (SSSR count). The van der Waals surface area contributed by atoms with Crippen LogP contribution in [0.25, 0.3) is 0 Å². The fourth-order valence-electron chi connectivity index (χ4n) is 2.20. The van der Waals surface area contributed by atoms with Gasteiger partial charge in [0.15, 0.2) is 5.82 Å². The van der Waals surface area contributed by atoms with E-state index in [9.17, 15) is 4.39 Å². The van der Waals surface area contributed by atoms with E-state index in [0.717, 1.165) is 17.9 Å². The second kappa shape index (κ2) is 5.71. The molecule has 1 heterocycles. The van der Waals surface area contributed by atoms with Gasteiger partial charge in [-0.1, -0.05) is 24.2 Å². The predicted molar refractivity (Wildman–Crippen MR) is 72.5 cm³/mol. The molecule has 0 saturated heterocycles. The minimum Gasteiger partial charge on any atom is -0.338 e. The fourth-order valence-corrected chi connectivity index (χ4v) is 2.20. The van der Waals surface area contributed by atoms with Crippen molar-refractivity contribution in [2.75, 3.05) is 6.54 Å². The minimum absolute atomic E-state index is 0.202. The Labute approximate surface area is 117 Å². The number of hydrogen-bond donors (Lipinski definition) is 0. The Kier molecular flexibility index (Phi) is 3.78. The van der Waals surface area contributed by atoms with Crippen molar-refractivity contribution in [2.45, 2.75) is 38.8 Å². The van der Waals surface area contributed by atoms with E-state index in [-0.39, 0.29) is 5.82 Å². The summed E-state index contributed by atoms with van der Waals surface area (Å²) in [5.74, 6) is 1.78. The molecule has 106 valence electrons. The van der Waals surface area contributed by atoms with Crippen molar-refractivity contribution in [3.05, 3.63) is 47.4 Å². The van der Waals surface area contributed by atoms with Gasteiger partial charge in [0.05, 0.1) is 6.54 Å². The number of aromatic nitrogens is 2. The largest absolute Gasteiger partial charge is 0.338 e. The molecule has 0 aliphatic heterocycles. The van der Waals surface area contributed by atoms with Crippen LogP contribution < -0.4 is 0 Å². The Hall–Kier alpha value is -1.75. The predicted octanol–water partition coefficient (Wildman–Crippen LogP) is 3.11. The molecule has 1 saturated carbocycles. The molecule has 0 amide bonds. The Bertz CT molecular complexity index is 580. The van der Waals surface area contributed by atoms with Gasteiger partial charge < -0.3 is 4.52 Å². The van der Waals surface area contributed by atoms with Gasteiger partial charge in [0.1, 0.15) is 5.82 Å². The SMILES string of the molecule is CCN(Cc1cccc(F)c1)Cc1nc(C2CC2)no1. The molecule has 1 fully saturated rings. The summed E-state index contributed by atoms with van der Waals surface area (Å²) in [6.07, 6.45) is 2.33. The van der Waals surface area contributed by atoms with Gasteiger partial charge >= 0.3 is 0 Å². The number of halogens is 1. The van der Waals surface area contributed by atoms with Crippen LogP contribution in [0.3, 0.4) is 0 Å². The molecular weight excluding hydrogens is 257 g/mol. The van der Waals surface area contributed by atoms with E-state index in [1.165, 1.54) is 18.9 Å². The molecule has 0 bridgehead atoms. The first-order valence-electron chi connectivity index (χ1n) is 7.04. The summed E-state index contributed by atoms with van der Waals surface area (Å²) in [6, 6.07) is 6.68. The second-order valence-corrected chi connectivity index (χ2v) is 5.25. The first-order chi connectivity index (χ1) is 9.74. The zero-order valence-electron chi connectivity index (χ0n) is 11.6. The van der Waals surface area contributed by atoms with Crippen molar-refractivity contribution in [3.8, 4) is 0 Å². The third-order valence-electron chi connectivity index (χ3n) is 3.53. The second-order valence-electron chi connectivity index (χ2n) is 5.25. The zero-order chi connectivity index (χ0) is 13.9. The van der Waals surface area contributed by atoms with E-state index < -0.39 is 0 Å². The van der Waals surface area contributed by atoms with Crippen LogP contribution in [0.4, 0.5) is 4.39 Å². The molecule has 20 heavy (non-hydrogen) atoms. The standard InChI is InChI=1S/C15H18FN3O/c1-2-19(9-11-4-3-5-13(16)8-11)10-14-17-15(18-20-14)12-6-7-12/h3-5,8,12H,2,6-7,9-10H2,1H3. The highest BCUT2D eigenvalue weighted by Gasteiger charge is 2.28. The smallest absolute Gasteiger partial charge is 0.240 e. The van der Waals surface area contributed by atoms with Crippen molar-refractivity contribution in [2.24, 2.45) is 0 Å². The van der Waals surface area contributed by atoms with E-state index in [1.807, 2.05) is 6.07 Å². The molecule has 1 aliphatic rings. The normalized spacial score (nSPS) is 14.9. The molecule has 1 aromatic heterocycles. The van der Waals surface area contributed by atoms with Crippen molar-refractivity contribution in [1.82, 2.24) is 15.0 Å². The minimum atomic E-state index is -0.202. The number of rotatable bonds is 6. The molecule has 5 heteroatoms. The molecule has 0 radical (unpaired) electrons. The topological polar surface area (TPSA) is 42.2 Å². The van der Waals surface area contributed by atoms with Gasteiger partial charge in [0.2, 0.25) is 5.89 Å². The van der Waals surface area contributed by atoms with E-state index >= 15 is 0 Å². The highest BCUT2D eigenvalue weighted by molar-refractivity contribution is 5.16. The zero-order valence-corrected chi connectivity index (χ0v) is 11.6. The molecule has 2 aromatic rings. The summed E-state index contributed by atoms with van der Waals surface area (Å²) in [5.41, 5.74) is 0.953. The summed E-state index contributed by atoms with van der Waals surface area (Å²) in [7, 11) is 0. The average Bonchev–Trinajstić information content (AvgIpc) is 3.19. The molecule has 1 aliphatic carbocycles. The molecule has 1 aromatic carbocycles. The number of nitrogens with zero attached hydrogens (tertiary/aromatic N) is 3. The highest BCUT2D eigenvalue weighted by Crippen LogP contribution is 2.38. The molecule has 4 nitrogen and oxygen atoms in total. The molecule has 0 spiro atoms. The molecular formula is C15H18FN3O. The Morgan fingerprint density at radius 3 is 2.90 bits per heavy atom. The molecule has 0 N–H and O–H groups in total. The van der Waals surface area contributed by atoms with Gasteiger partial charge in [-0.2, -0.15) is 4.98 Å². The van der Waals surface area contributed by atoms with E-state index in [4.69, 9.17) is 4.52 Å². The third kappa shape index (κ3) is 3.22. The first-order valence-corrected chi connectivity index (χ1v) is 7.04. The lowest BCUT2D eigenvalue weighted by molar-refractivity contribution is 0.228. The lowest BCUT2D eigenvalue weighted by Crippen LogP contribution is -2.22. The van der Waals surface area contributed by atoms with Crippen molar-refractivity contribution in [1.29, 1.82) is 0 Å². The van der Waals surface area contributed by atoms with E-state index in [2.05, 4.69) is 22.0 Å². The summed E-state index contributed by atoms with van der Waals surface area (Å²) in [6.45, 7) is 4.19. The van der Waals surface area contributed by atoms with E-state index in [1.54, 1.807) is 12.1 Å². The van der Waals surface area contributed by atoms with Gasteiger partial charge in [0.25, 0.3) is 0 Å². The summed E-state index contributed by atoms with van der Waals surface area (Å²) in [4.78, 5) is 6.58. The lowest BCUT2D eigenvalue weighted by atomic mass is 10.2. The number of hydrogen-bond acceptors (Lipinski definition) is 4. The third-order valence-corrected chi connectivity index (χ3v) is 3.53. The van der Waals surface area contributed by atoms with Crippen LogP contribution in [0.2, 0.25) is 0 Å². The van der Waals surface area contributed by atoms with Gasteiger partial charge in [-0.05, 0) is 37.1 Å². The first kappa shape index (κ1) is 13.2. The molecule has 0 unspecified atom stereocenters. The number of benzene rings is 1. The summed E-state index contributed by atoms with van der Waals surface area (Å²) < 4.78 is 18.5. The quantitative estimate of drug-likeness (QED) is 0.812. The Balaban J connectivity index is 1.63. The summed E-state index contributed by atoms with van der Waals surface area (Å²) >= 11 is 0. The van der Waals surface area contributed by atoms with Crippen LogP contribution in [0.15, 0.2) is 28.8 Å². The summed E-state index contributed by atoms with van der Waals surface area (Å²) in [5, 5.41) is 4.01. The maximum absolute atomic E-state index is 13.2. The fraction of sp³-hybridized carbons (Fsp3) is 0.467. The average molecular weight is 275 g/mol. The van der Waals surface area contributed by atoms with Crippen molar-refractivity contribution >= 4 is 0 Å². The van der Waals surface area contributed by atoms with Gasteiger partial charge in [-0.3, -0.25) is 4.90 Å². The Morgan fingerprint density at radius 1 is 1.35 bits per heavy atom. The van der Waals surface area contributed by atoms with Crippen LogP contribution in [0.5, 0.6) is 0 Å². The van der Waals surface area contributed by atoms with Crippen LogP contribution in [0, 0.1) is 5.82 Å². The van der Waals surface area contributed by atoms with Gasteiger partial charge in [0, 0.05) is 12.5 Å². The van der Waals surface area contributed by atoms with Crippen LogP contribution in [0.1, 0.15) is 43.0 Å². The van der Waals surface area contributed by atoms with Crippen molar-refractivity contribution in [3.63, 3.8) is 0 Å². The van der Waals surface area contributed by atoms with Crippen LogP contribution in [-0.4, -0.2) is 21.6 Å². The van der Waals surface area contributed by atoms with E-state index in [0.29, 0.717) is 24.9 Å². The van der Waals surface area contributed by atoms with Crippen LogP contribution in [-0.2, 0) is 13.1 Å². The lowest BCUT2D eigenvalue weighted by Gasteiger charge is -2.18. The van der Waals surface area contributed by atoms with Gasteiger partial charge in [-0.15, -0.1) is 0 Å². The van der Waals surface area contributed by atoms with Gasteiger partial charge in [-0.25, -0.2) is 4.39 Å². The maximum atomic E-state index is 13.2. The maximum Gasteiger partial charge on any atom is 0.240 e. The Morgan fingerprint density at radius 2 is 2.20 bits per heavy atom. The monoisotopic (exact) mass is 275 g/mol. The van der Waals surface area contributed by atoms with Crippen LogP contribution >= 0.6 is 0 Å². The highest BCUT2D eigenvalue weighted by atomic mass is 19.1.